The molecule has 0 N–H and O–H groups in total. The molecule has 9 nitrogen and oxygen atoms in total. The summed E-state index contributed by atoms with van der Waals surface area (Å²) in [5.41, 5.74) is 2.69. The Morgan fingerprint density at radius 2 is 1.65 bits per heavy atom. The lowest BCUT2D eigenvalue weighted by molar-refractivity contribution is -0.143. The zero-order chi connectivity index (χ0) is 29.1. The van der Waals surface area contributed by atoms with Crippen LogP contribution in [0.15, 0.2) is 61.2 Å². The van der Waals surface area contributed by atoms with Crippen LogP contribution >= 0.6 is 0 Å². The summed E-state index contributed by atoms with van der Waals surface area (Å²) >= 11 is 0. The van der Waals surface area contributed by atoms with Crippen LogP contribution in [0.2, 0.25) is 0 Å². The highest BCUT2D eigenvalue weighted by Crippen LogP contribution is 2.44. The highest BCUT2D eigenvalue weighted by atomic mass is 16.6. The van der Waals surface area contributed by atoms with E-state index in [0.29, 0.717) is 0 Å². The lowest BCUT2D eigenvalue weighted by Crippen LogP contribution is -2.54. The largest absolute Gasteiger partial charge is 0.460 e. The molecule has 0 unspecified atom stereocenters. The number of benzene rings is 2. The van der Waals surface area contributed by atoms with Crippen molar-refractivity contribution in [3.05, 3.63) is 72.3 Å². The van der Waals surface area contributed by atoms with Gasteiger partial charge in [-0.2, -0.15) is 0 Å². The van der Waals surface area contributed by atoms with Crippen molar-refractivity contribution in [2.45, 2.75) is 57.9 Å². The first-order valence-electron chi connectivity index (χ1n) is 13.4. The third-order valence-electron chi connectivity index (χ3n) is 6.87. The number of hydrogen-bond acceptors (Lipinski definition) is 7. The van der Waals surface area contributed by atoms with Gasteiger partial charge in [-0.05, 0) is 56.9 Å². The summed E-state index contributed by atoms with van der Waals surface area (Å²) in [7, 11) is 0. The summed E-state index contributed by atoms with van der Waals surface area (Å²) < 4.78 is 22.5. The fourth-order valence-corrected chi connectivity index (χ4v) is 5.19. The first-order valence-corrected chi connectivity index (χ1v) is 13.4. The number of carbonyl (C=O) groups is 3. The molecule has 2 aromatic carbocycles. The Morgan fingerprint density at radius 1 is 1.05 bits per heavy atom. The maximum atomic E-state index is 13.5. The van der Waals surface area contributed by atoms with Crippen molar-refractivity contribution in [2.75, 3.05) is 32.9 Å². The predicted molar refractivity (Wildman–Crippen MR) is 150 cm³/mol. The van der Waals surface area contributed by atoms with Gasteiger partial charge in [-0.3, -0.25) is 14.6 Å². The lowest BCUT2D eigenvalue weighted by atomic mass is 9.98. The maximum Gasteiger partial charge on any atom is 0.412 e. The first kappa shape index (κ1) is 29.1. The molecule has 0 spiro atoms. The second-order valence-corrected chi connectivity index (χ2v) is 11.4. The Kier molecular flexibility index (Phi) is 8.54. The van der Waals surface area contributed by atoms with Crippen molar-refractivity contribution < 1.29 is 33.3 Å². The lowest BCUT2D eigenvalue weighted by Gasteiger charge is -2.36. The normalized spacial score (nSPS) is 17.5. The maximum absolute atomic E-state index is 13.5. The van der Waals surface area contributed by atoms with Crippen LogP contribution in [0.4, 0.5) is 9.59 Å². The monoisotopic (exact) mass is 550 g/mol. The third-order valence-corrected chi connectivity index (χ3v) is 6.87. The van der Waals surface area contributed by atoms with E-state index in [1.165, 1.54) is 15.9 Å². The minimum absolute atomic E-state index is 0.0114. The van der Waals surface area contributed by atoms with Gasteiger partial charge in [0.15, 0.2) is 0 Å². The average Bonchev–Trinajstić information content (AvgIpc) is 3.37. The predicted octanol–water partition coefficient (Wildman–Crippen LogP) is 5.34. The number of fused-ring (bicyclic) bond motifs is 3. The Morgan fingerprint density at radius 3 is 2.23 bits per heavy atom. The topological polar surface area (TPSA) is 94.6 Å². The highest BCUT2D eigenvalue weighted by molar-refractivity contribution is 5.80. The zero-order valence-corrected chi connectivity index (χ0v) is 23.8. The summed E-state index contributed by atoms with van der Waals surface area (Å²) in [6, 6.07) is 15.5. The van der Waals surface area contributed by atoms with Gasteiger partial charge in [0.05, 0.1) is 12.6 Å². The van der Waals surface area contributed by atoms with E-state index in [-0.39, 0.29) is 38.8 Å². The zero-order valence-electron chi connectivity index (χ0n) is 23.8. The third kappa shape index (κ3) is 6.47. The minimum atomic E-state index is -0.969. The number of rotatable bonds is 8. The molecule has 0 aromatic heterocycles. The molecule has 9 heteroatoms. The summed E-state index contributed by atoms with van der Waals surface area (Å²) in [5.74, 6) is -0.756. The molecule has 2 aromatic rings. The molecule has 40 heavy (non-hydrogen) atoms. The molecule has 4 rings (SSSR count). The van der Waals surface area contributed by atoms with Crippen LogP contribution in [0, 0.1) is 0 Å². The van der Waals surface area contributed by atoms with E-state index >= 15 is 0 Å². The Balaban J connectivity index is 1.53. The van der Waals surface area contributed by atoms with E-state index in [0.717, 1.165) is 22.3 Å². The van der Waals surface area contributed by atoms with Crippen molar-refractivity contribution in [1.82, 2.24) is 9.80 Å². The number of hydrogen-bond donors (Lipinski definition) is 0. The van der Waals surface area contributed by atoms with E-state index in [1.54, 1.807) is 34.6 Å². The van der Waals surface area contributed by atoms with Gasteiger partial charge in [0.2, 0.25) is 0 Å². The Hall–Kier alpha value is -3.85. The molecule has 0 bridgehead atoms. The van der Waals surface area contributed by atoms with Crippen LogP contribution in [0.1, 0.15) is 51.7 Å². The van der Waals surface area contributed by atoms with Gasteiger partial charge < -0.3 is 18.9 Å². The van der Waals surface area contributed by atoms with Gasteiger partial charge in [0.1, 0.15) is 31.1 Å². The van der Waals surface area contributed by atoms with Crippen LogP contribution in [0.3, 0.4) is 0 Å². The van der Waals surface area contributed by atoms with Crippen LogP contribution in [-0.4, -0.2) is 78.2 Å². The SMILES string of the molecule is C=CCOC(=O)CN(C[C@H]1COC(C)(C)N1C(=O)OC(C)(C)C)C(=O)OCC1c2ccccc2-c2ccccc21. The Labute approximate surface area is 235 Å². The minimum Gasteiger partial charge on any atom is -0.460 e. The molecule has 2 amide bonds. The number of amides is 2. The molecule has 0 saturated carbocycles. The fraction of sp³-hybridized carbons (Fsp3) is 0.452. The highest BCUT2D eigenvalue weighted by Gasteiger charge is 2.47. The van der Waals surface area contributed by atoms with Gasteiger partial charge in [-0.15, -0.1) is 0 Å². The van der Waals surface area contributed by atoms with E-state index in [9.17, 15) is 14.4 Å². The van der Waals surface area contributed by atoms with Crippen LogP contribution in [0.5, 0.6) is 0 Å². The van der Waals surface area contributed by atoms with E-state index in [2.05, 4.69) is 18.7 Å². The van der Waals surface area contributed by atoms with Crippen molar-refractivity contribution in [1.29, 1.82) is 0 Å². The van der Waals surface area contributed by atoms with Gasteiger partial charge in [0.25, 0.3) is 0 Å². The second-order valence-electron chi connectivity index (χ2n) is 11.4. The van der Waals surface area contributed by atoms with Crippen LogP contribution in [-0.2, 0) is 23.7 Å². The smallest absolute Gasteiger partial charge is 0.412 e. The van der Waals surface area contributed by atoms with Gasteiger partial charge in [-0.25, -0.2) is 9.59 Å². The van der Waals surface area contributed by atoms with Gasteiger partial charge >= 0.3 is 18.2 Å². The second kappa shape index (κ2) is 11.7. The molecular formula is C31H38N2O7. The summed E-state index contributed by atoms with van der Waals surface area (Å²) in [6.45, 7) is 12.3. The van der Waals surface area contributed by atoms with Crippen molar-refractivity contribution in [3.8, 4) is 11.1 Å². The summed E-state index contributed by atoms with van der Waals surface area (Å²) in [4.78, 5) is 41.9. The van der Waals surface area contributed by atoms with Gasteiger partial charge in [-0.1, -0.05) is 61.2 Å². The standard InChI is InChI=1S/C31H38N2O7/c1-7-16-37-27(34)18-32(17-21-19-39-31(5,6)33(21)29(36)40-30(2,3)4)28(35)38-20-26-24-14-10-8-12-22(24)23-13-9-11-15-25(23)26/h7-15,21,26H,1,16-20H2,2-6H3/t21-/m0/s1. The molecule has 1 fully saturated rings. The molecule has 214 valence electrons. The first-order chi connectivity index (χ1) is 18.9. The van der Waals surface area contributed by atoms with Crippen molar-refractivity contribution in [3.63, 3.8) is 0 Å². The molecule has 1 aliphatic heterocycles. The van der Waals surface area contributed by atoms with Gasteiger partial charge in [0, 0.05) is 12.5 Å². The molecule has 1 atom stereocenters. The number of ether oxygens (including phenoxy) is 4. The molecular weight excluding hydrogens is 512 g/mol. The molecule has 1 aliphatic carbocycles. The average molecular weight is 551 g/mol. The van der Waals surface area contributed by atoms with E-state index in [4.69, 9.17) is 18.9 Å². The van der Waals surface area contributed by atoms with Crippen molar-refractivity contribution in [2.24, 2.45) is 0 Å². The Bertz CT molecular complexity index is 1220. The van der Waals surface area contributed by atoms with Crippen LogP contribution < -0.4 is 0 Å². The molecule has 1 heterocycles. The fourth-order valence-electron chi connectivity index (χ4n) is 5.19. The van der Waals surface area contributed by atoms with Crippen molar-refractivity contribution >= 4 is 18.2 Å². The number of carbonyl (C=O) groups excluding carboxylic acids is 3. The quantitative estimate of drug-likeness (QED) is 0.249. The van der Waals surface area contributed by atoms with E-state index < -0.39 is 35.5 Å². The van der Waals surface area contributed by atoms with E-state index in [1.807, 2.05) is 36.4 Å². The molecule has 1 saturated heterocycles. The molecule has 2 aliphatic rings. The van der Waals surface area contributed by atoms with Crippen LogP contribution in [0.25, 0.3) is 11.1 Å². The number of esters is 1. The summed E-state index contributed by atoms with van der Waals surface area (Å²) in [5, 5.41) is 0. The summed E-state index contributed by atoms with van der Waals surface area (Å²) in [6.07, 6.45) is 0.195. The number of nitrogens with zero attached hydrogens (tertiary/aromatic N) is 2. The molecule has 0 radical (unpaired) electrons.